The fourth-order valence-corrected chi connectivity index (χ4v) is 5.07. The van der Waals surface area contributed by atoms with Gasteiger partial charge in [-0.3, -0.25) is 4.79 Å². The van der Waals surface area contributed by atoms with Crippen LogP contribution in [0, 0.1) is 5.92 Å². The summed E-state index contributed by atoms with van der Waals surface area (Å²) in [6.45, 7) is 4.46. The van der Waals surface area contributed by atoms with Crippen LogP contribution in [-0.4, -0.2) is 34.3 Å². The number of carbonyl (C=O) groups is 1. The Kier molecular flexibility index (Phi) is 6.91. The second-order valence-corrected chi connectivity index (χ2v) is 10.8. The number of hydrogen-bond donors (Lipinski definition) is 2. The Balaban J connectivity index is 1.41. The topological polar surface area (TPSA) is 142 Å². The molecule has 34 heavy (non-hydrogen) atoms. The van der Waals surface area contributed by atoms with Crippen molar-refractivity contribution >= 4 is 37.5 Å². The van der Waals surface area contributed by atoms with Gasteiger partial charge in [-0.05, 0) is 29.7 Å². The molecule has 178 valence electrons. The predicted octanol–water partition coefficient (Wildman–Crippen LogP) is 2.63. The van der Waals surface area contributed by atoms with E-state index in [2.05, 4.69) is 20.6 Å². The van der Waals surface area contributed by atoms with Crippen molar-refractivity contribution in [3.05, 3.63) is 66.0 Å². The molecule has 0 unspecified atom stereocenters. The molecule has 0 saturated heterocycles. The van der Waals surface area contributed by atoms with Crippen LogP contribution < -0.4 is 15.2 Å². The average molecular weight is 501 g/mol. The van der Waals surface area contributed by atoms with E-state index in [0.717, 1.165) is 16.9 Å². The number of benzene rings is 2. The molecule has 2 aromatic carbocycles. The Labute approximate surface area is 200 Å². The zero-order valence-electron chi connectivity index (χ0n) is 18.6. The maximum absolute atomic E-state index is 12.9. The van der Waals surface area contributed by atoms with E-state index in [-0.39, 0.29) is 22.8 Å². The summed E-state index contributed by atoms with van der Waals surface area (Å²) in [6.07, 6.45) is 1.69. The summed E-state index contributed by atoms with van der Waals surface area (Å²) in [5.74, 6) is 0.373. The molecule has 0 aliphatic heterocycles. The predicted molar refractivity (Wildman–Crippen MR) is 128 cm³/mol. The summed E-state index contributed by atoms with van der Waals surface area (Å²) in [5.41, 5.74) is 2.09. The van der Waals surface area contributed by atoms with Crippen LogP contribution in [0.4, 0.5) is 0 Å². The maximum Gasteiger partial charge on any atom is 0.265 e. The van der Waals surface area contributed by atoms with Gasteiger partial charge in [0.1, 0.15) is 24.1 Å². The number of nitrogens with two attached hydrogens (primary N) is 1. The van der Waals surface area contributed by atoms with Gasteiger partial charge in [-0.2, -0.15) is 0 Å². The molecular weight excluding hydrogens is 476 g/mol. The van der Waals surface area contributed by atoms with E-state index in [1.807, 2.05) is 44.2 Å². The molecule has 2 heterocycles. The minimum Gasteiger partial charge on any atom is -0.487 e. The molecule has 1 amide bonds. The van der Waals surface area contributed by atoms with Crippen molar-refractivity contribution in [2.75, 3.05) is 0 Å². The van der Waals surface area contributed by atoms with Gasteiger partial charge in [0.2, 0.25) is 10.2 Å². The number of sulfonamides is 1. The molecular formula is C22H24N6O4S2. The second-order valence-electron chi connectivity index (χ2n) is 8.03. The highest BCUT2D eigenvalue weighted by atomic mass is 32.2. The largest absolute Gasteiger partial charge is 0.487 e. The Morgan fingerprint density at radius 2 is 1.97 bits per heavy atom. The average Bonchev–Trinajstić information content (AvgIpc) is 3.43. The highest BCUT2D eigenvalue weighted by molar-refractivity contribution is 7.91. The van der Waals surface area contributed by atoms with Gasteiger partial charge in [0.25, 0.3) is 10.0 Å². The number of amides is 1. The molecule has 0 radical (unpaired) electrons. The molecule has 3 N–H and O–H groups in total. The zero-order chi connectivity index (χ0) is 24.3. The van der Waals surface area contributed by atoms with Crippen LogP contribution >= 0.6 is 11.3 Å². The molecule has 0 aliphatic rings. The van der Waals surface area contributed by atoms with Crippen molar-refractivity contribution in [1.29, 1.82) is 0 Å². The van der Waals surface area contributed by atoms with Crippen molar-refractivity contribution in [3.8, 4) is 5.75 Å². The lowest BCUT2D eigenvalue weighted by Crippen LogP contribution is -2.35. The fourth-order valence-electron chi connectivity index (χ4n) is 3.39. The molecule has 4 aromatic rings. The van der Waals surface area contributed by atoms with E-state index in [0.29, 0.717) is 28.2 Å². The molecule has 0 aliphatic carbocycles. The Hall–Kier alpha value is -3.35. The highest BCUT2D eigenvalue weighted by Crippen LogP contribution is 2.28. The van der Waals surface area contributed by atoms with E-state index in [4.69, 9.17) is 9.88 Å². The first-order valence-corrected chi connectivity index (χ1v) is 12.9. The number of thiazole rings is 1. The summed E-state index contributed by atoms with van der Waals surface area (Å²) in [5, 5.41) is 16.4. The third kappa shape index (κ3) is 5.58. The molecule has 0 fully saturated rings. The molecule has 0 saturated carbocycles. The summed E-state index contributed by atoms with van der Waals surface area (Å²) >= 11 is 0.977. The zero-order valence-corrected chi connectivity index (χ0v) is 20.2. The van der Waals surface area contributed by atoms with E-state index in [9.17, 15) is 13.2 Å². The first-order valence-electron chi connectivity index (χ1n) is 10.5. The van der Waals surface area contributed by atoms with Gasteiger partial charge < -0.3 is 10.1 Å². The third-order valence-electron chi connectivity index (χ3n) is 5.02. The van der Waals surface area contributed by atoms with Crippen LogP contribution in [-0.2, 0) is 28.0 Å². The van der Waals surface area contributed by atoms with Gasteiger partial charge in [-0.15, -0.1) is 16.4 Å². The first kappa shape index (κ1) is 23.8. The normalized spacial score (nSPS) is 12.7. The van der Waals surface area contributed by atoms with Crippen LogP contribution in [0.15, 0.2) is 59.1 Å². The number of fused-ring (bicyclic) bond motifs is 1. The maximum atomic E-state index is 12.9. The van der Waals surface area contributed by atoms with Gasteiger partial charge in [-0.1, -0.05) is 49.4 Å². The SMILES string of the molecule is CC(C)[C@@H](C(=O)NCc1ccccc1)n1cc(COc2ccc3nc(S(N)(=O)=O)sc3c2)nn1. The number of hydrogen-bond acceptors (Lipinski definition) is 8. The molecule has 0 spiro atoms. The number of rotatable bonds is 9. The molecule has 0 bridgehead atoms. The van der Waals surface area contributed by atoms with Crippen molar-refractivity contribution in [3.63, 3.8) is 0 Å². The third-order valence-corrected chi connectivity index (χ3v) is 7.36. The van der Waals surface area contributed by atoms with Crippen LogP contribution in [0.3, 0.4) is 0 Å². The van der Waals surface area contributed by atoms with Crippen LogP contribution in [0.25, 0.3) is 10.2 Å². The fraction of sp³-hybridized carbons (Fsp3) is 0.273. The monoisotopic (exact) mass is 500 g/mol. The first-order chi connectivity index (χ1) is 16.2. The van der Waals surface area contributed by atoms with Crippen molar-refractivity contribution < 1.29 is 17.9 Å². The summed E-state index contributed by atoms with van der Waals surface area (Å²) < 4.78 is 30.9. The van der Waals surface area contributed by atoms with E-state index < -0.39 is 16.1 Å². The van der Waals surface area contributed by atoms with E-state index in [1.54, 1.807) is 29.1 Å². The van der Waals surface area contributed by atoms with Crippen molar-refractivity contribution in [2.45, 2.75) is 37.4 Å². The van der Waals surface area contributed by atoms with Crippen LogP contribution in [0.5, 0.6) is 5.75 Å². The molecule has 4 rings (SSSR count). The summed E-state index contributed by atoms with van der Waals surface area (Å²) in [4.78, 5) is 16.9. The van der Waals surface area contributed by atoms with Crippen LogP contribution in [0.2, 0.25) is 0 Å². The lowest BCUT2D eigenvalue weighted by atomic mass is 10.0. The number of ether oxygens (including phenoxy) is 1. The molecule has 1 atom stereocenters. The number of carbonyl (C=O) groups excluding carboxylic acids is 1. The summed E-state index contributed by atoms with van der Waals surface area (Å²) in [6, 6.07) is 14.2. The van der Waals surface area contributed by atoms with E-state index >= 15 is 0 Å². The lowest BCUT2D eigenvalue weighted by Gasteiger charge is -2.20. The molecule has 12 heteroatoms. The minimum atomic E-state index is -3.86. The Morgan fingerprint density at radius 3 is 2.68 bits per heavy atom. The Bertz CT molecular complexity index is 1400. The van der Waals surface area contributed by atoms with Gasteiger partial charge in [0.05, 0.1) is 16.4 Å². The molecule has 2 aromatic heterocycles. The Morgan fingerprint density at radius 1 is 1.21 bits per heavy atom. The number of nitrogens with one attached hydrogen (secondary N) is 1. The standard InChI is InChI=1S/C22H24N6O4S2/c1-14(2)20(21(29)24-11-15-6-4-3-5-7-15)28-12-16(26-27-28)13-32-17-8-9-18-19(10-17)33-22(25-18)34(23,30)31/h3-10,12,14,20H,11,13H2,1-2H3,(H,24,29)(H2,23,30,31)/t20-/m0/s1. The summed E-state index contributed by atoms with van der Waals surface area (Å²) in [7, 11) is -3.86. The number of nitrogens with zero attached hydrogens (tertiary/aromatic N) is 4. The lowest BCUT2D eigenvalue weighted by molar-refractivity contribution is -0.126. The number of primary sulfonamides is 1. The van der Waals surface area contributed by atoms with Gasteiger partial charge in [0, 0.05) is 6.54 Å². The van der Waals surface area contributed by atoms with Crippen molar-refractivity contribution in [1.82, 2.24) is 25.3 Å². The van der Waals surface area contributed by atoms with Crippen molar-refractivity contribution in [2.24, 2.45) is 11.1 Å². The number of aromatic nitrogens is 4. The smallest absolute Gasteiger partial charge is 0.265 e. The van der Waals surface area contributed by atoms with Gasteiger partial charge >= 0.3 is 0 Å². The van der Waals surface area contributed by atoms with Gasteiger partial charge in [-0.25, -0.2) is 23.2 Å². The quantitative estimate of drug-likeness (QED) is 0.360. The second kappa shape index (κ2) is 9.87. The highest BCUT2D eigenvalue weighted by Gasteiger charge is 2.25. The van der Waals surface area contributed by atoms with Crippen LogP contribution in [0.1, 0.15) is 31.1 Å². The van der Waals surface area contributed by atoms with E-state index in [1.165, 1.54) is 0 Å². The minimum absolute atomic E-state index is 0.00648. The van der Waals surface area contributed by atoms with Gasteiger partial charge in [0.15, 0.2) is 0 Å². The molecule has 10 nitrogen and oxygen atoms in total.